The number of aryl methyl sites for hydroxylation is 1. The average molecular weight is 606 g/mol. The van der Waals surface area contributed by atoms with Crippen LogP contribution in [0.1, 0.15) is 46.8 Å². The van der Waals surface area contributed by atoms with Gasteiger partial charge in [0.1, 0.15) is 0 Å². The van der Waals surface area contributed by atoms with Crippen molar-refractivity contribution in [3.05, 3.63) is 77.0 Å². The van der Waals surface area contributed by atoms with Gasteiger partial charge in [-0.05, 0) is 73.8 Å². The van der Waals surface area contributed by atoms with E-state index < -0.39 is 17.6 Å². The predicted molar refractivity (Wildman–Crippen MR) is 161 cm³/mol. The van der Waals surface area contributed by atoms with Gasteiger partial charge in [0.15, 0.2) is 11.5 Å². The molecule has 44 heavy (non-hydrogen) atoms. The Kier molecular flexibility index (Phi) is 8.12. The molecule has 12 heteroatoms. The van der Waals surface area contributed by atoms with E-state index >= 15 is 0 Å². The Labute approximate surface area is 253 Å². The first-order chi connectivity index (χ1) is 21.1. The highest BCUT2D eigenvalue weighted by atomic mass is 19.4. The Morgan fingerprint density at radius 3 is 2.41 bits per heavy atom. The van der Waals surface area contributed by atoms with E-state index in [1.807, 2.05) is 11.8 Å². The topological polar surface area (TPSA) is 94.9 Å². The van der Waals surface area contributed by atoms with Crippen molar-refractivity contribution >= 4 is 29.0 Å². The van der Waals surface area contributed by atoms with Crippen molar-refractivity contribution in [1.82, 2.24) is 24.4 Å². The summed E-state index contributed by atoms with van der Waals surface area (Å²) < 4.78 is 43.8. The summed E-state index contributed by atoms with van der Waals surface area (Å²) >= 11 is 0. The molecule has 6 rings (SSSR count). The molecular formula is C32H34F3N7O2. The quantitative estimate of drug-likeness (QED) is 0.277. The van der Waals surface area contributed by atoms with Crippen molar-refractivity contribution in [3.8, 4) is 11.3 Å². The average Bonchev–Trinajstić information content (AvgIpc) is 3.78. The van der Waals surface area contributed by atoms with Crippen LogP contribution < -0.4 is 10.6 Å². The van der Waals surface area contributed by atoms with Gasteiger partial charge in [-0.15, -0.1) is 0 Å². The first-order valence-electron chi connectivity index (χ1n) is 14.8. The molecule has 2 aromatic heterocycles. The van der Waals surface area contributed by atoms with Crippen LogP contribution in [0.5, 0.6) is 0 Å². The van der Waals surface area contributed by atoms with Crippen molar-refractivity contribution in [1.29, 1.82) is 0 Å². The second kappa shape index (κ2) is 12.0. The summed E-state index contributed by atoms with van der Waals surface area (Å²) in [5.41, 5.74) is 2.47. The molecule has 2 N–H and O–H groups in total. The number of benzene rings is 2. The van der Waals surface area contributed by atoms with Gasteiger partial charge in [0, 0.05) is 55.5 Å². The summed E-state index contributed by atoms with van der Waals surface area (Å²) in [6.07, 6.45) is -1.15. The number of likely N-dealkylation sites (N-methyl/N-ethyl adjacent to an activating group) is 1. The number of imidazole rings is 1. The Bertz CT molecular complexity index is 1710. The zero-order valence-electron chi connectivity index (χ0n) is 24.6. The van der Waals surface area contributed by atoms with Gasteiger partial charge in [-0.2, -0.15) is 18.3 Å². The number of hydrogen-bond acceptors (Lipinski definition) is 6. The van der Waals surface area contributed by atoms with Crippen molar-refractivity contribution < 1.29 is 22.8 Å². The maximum atomic E-state index is 14.1. The molecule has 0 unspecified atom stereocenters. The zero-order chi connectivity index (χ0) is 31.0. The van der Waals surface area contributed by atoms with Gasteiger partial charge in [-0.1, -0.05) is 19.1 Å². The normalized spacial score (nSPS) is 16.3. The lowest BCUT2D eigenvalue weighted by atomic mass is 10.0. The molecule has 3 heterocycles. The van der Waals surface area contributed by atoms with Crippen LogP contribution in [0.4, 0.5) is 24.7 Å². The van der Waals surface area contributed by atoms with E-state index in [1.165, 1.54) is 12.1 Å². The van der Waals surface area contributed by atoms with Crippen LogP contribution in [-0.2, 0) is 17.5 Å². The third-order valence-electron chi connectivity index (χ3n) is 8.27. The molecule has 0 spiro atoms. The molecular weight excluding hydrogens is 571 g/mol. The lowest BCUT2D eigenvalue weighted by Gasteiger charge is -2.34. The van der Waals surface area contributed by atoms with Gasteiger partial charge in [-0.25, -0.2) is 9.50 Å². The summed E-state index contributed by atoms with van der Waals surface area (Å²) in [5, 5.41) is 10.1. The van der Waals surface area contributed by atoms with E-state index in [9.17, 15) is 22.8 Å². The SMILES string of the molecule is CCN1CCN(Cc2ccc(NC(=O)c3ccc(C)c(-c4ccc5nc(NC(=O)C6CC6)cn5n4)c3)cc2C(F)(F)F)CC1. The maximum absolute atomic E-state index is 14.1. The fraction of sp³-hybridized carbons (Fsp3) is 0.375. The molecule has 2 aliphatic rings. The summed E-state index contributed by atoms with van der Waals surface area (Å²) in [5.74, 6) is -0.119. The monoisotopic (exact) mass is 605 g/mol. The third-order valence-corrected chi connectivity index (χ3v) is 8.27. The van der Waals surface area contributed by atoms with E-state index in [0.29, 0.717) is 35.8 Å². The lowest BCUT2D eigenvalue weighted by Crippen LogP contribution is -2.45. The highest BCUT2D eigenvalue weighted by molar-refractivity contribution is 6.05. The second-order valence-electron chi connectivity index (χ2n) is 11.5. The summed E-state index contributed by atoms with van der Waals surface area (Å²) in [6.45, 7) is 8.16. The number of hydrogen-bond donors (Lipinski definition) is 2. The number of carbonyl (C=O) groups excluding carboxylic acids is 2. The van der Waals surface area contributed by atoms with Crippen LogP contribution in [-0.4, -0.2) is 68.9 Å². The predicted octanol–water partition coefficient (Wildman–Crippen LogP) is 5.46. The second-order valence-corrected chi connectivity index (χ2v) is 11.5. The van der Waals surface area contributed by atoms with Crippen LogP contribution in [0.3, 0.4) is 0 Å². The van der Waals surface area contributed by atoms with Gasteiger partial charge >= 0.3 is 6.18 Å². The number of amides is 2. The number of fused-ring (bicyclic) bond motifs is 1. The molecule has 9 nitrogen and oxygen atoms in total. The molecule has 1 saturated carbocycles. The zero-order valence-corrected chi connectivity index (χ0v) is 24.6. The molecule has 1 aliphatic heterocycles. The smallest absolute Gasteiger partial charge is 0.322 e. The number of nitrogens with one attached hydrogen (secondary N) is 2. The summed E-state index contributed by atoms with van der Waals surface area (Å²) in [7, 11) is 0. The number of halogens is 3. The van der Waals surface area contributed by atoms with Crippen LogP contribution in [0, 0.1) is 12.8 Å². The third kappa shape index (κ3) is 6.61. The molecule has 2 fully saturated rings. The van der Waals surface area contributed by atoms with E-state index in [2.05, 4.69) is 32.5 Å². The van der Waals surface area contributed by atoms with Crippen LogP contribution in [0.25, 0.3) is 16.9 Å². The van der Waals surface area contributed by atoms with E-state index in [1.54, 1.807) is 41.0 Å². The molecule has 1 aliphatic carbocycles. The van der Waals surface area contributed by atoms with Crippen LogP contribution >= 0.6 is 0 Å². The molecule has 2 amide bonds. The van der Waals surface area contributed by atoms with Crippen molar-refractivity contribution in [2.75, 3.05) is 43.4 Å². The largest absolute Gasteiger partial charge is 0.416 e. The Morgan fingerprint density at radius 1 is 0.955 bits per heavy atom. The molecule has 4 aromatic rings. The van der Waals surface area contributed by atoms with E-state index in [4.69, 9.17) is 0 Å². The van der Waals surface area contributed by atoms with Gasteiger partial charge in [0.2, 0.25) is 5.91 Å². The van der Waals surface area contributed by atoms with Crippen LogP contribution in [0.15, 0.2) is 54.7 Å². The number of anilines is 2. The molecule has 0 radical (unpaired) electrons. The summed E-state index contributed by atoms with van der Waals surface area (Å²) in [6, 6.07) is 12.6. The van der Waals surface area contributed by atoms with E-state index in [-0.39, 0.29) is 35.2 Å². The van der Waals surface area contributed by atoms with Gasteiger partial charge in [0.05, 0.1) is 17.5 Å². The Hall–Kier alpha value is -4.29. The Morgan fingerprint density at radius 2 is 1.70 bits per heavy atom. The minimum Gasteiger partial charge on any atom is -0.322 e. The fourth-order valence-electron chi connectivity index (χ4n) is 5.46. The van der Waals surface area contributed by atoms with Crippen LogP contribution in [0.2, 0.25) is 0 Å². The maximum Gasteiger partial charge on any atom is 0.416 e. The number of rotatable bonds is 8. The molecule has 1 saturated heterocycles. The summed E-state index contributed by atoms with van der Waals surface area (Å²) in [4.78, 5) is 34.1. The number of piperazine rings is 1. The Balaban J connectivity index is 1.19. The number of alkyl halides is 3. The van der Waals surface area contributed by atoms with Crippen molar-refractivity contribution in [3.63, 3.8) is 0 Å². The fourth-order valence-corrected chi connectivity index (χ4v) is 5.46. The van der Waals surface area contributed by atoms with E-state index in [0.717, 1.165) is 44.1 Å². The minimum atomic E-state index is -4.56. The molecule has 0 atom stereocenters. The molecule has 230 valence electrons. The number of aromatic nitrogens is 3. The first kappa shape index (κ1) is 29.8. The highest BCUT2D eigenvalue weighted by Crippen LogP contribution is 2.35. The first-order valence-corrected chi connectivity index (χ1v) is 14.8. The van der Waals surface area contributed by atoms with Gasteiger partial charge in [0.25, 0.3) is 5.91 Å². The lowest BCUT2D eigenvalue weighted by molar-refractivity contribution is -0.138. The standard InChI is InChI=1S/C32H34F3N7O2/c1-3-40-12-14-41(15-13-40)18-23-8-9-24(17-26(23)32(33,34)35)36-31(44)22-5-4-20(2)25(16-22)27-10-11-29-37-28(19-42(29)39-27)38-30(43)21-6-7-21/h4-5,8-11,16-17,19,21H,3,6-7,12-15,18H2,1-2H3,(H,36,44)(H,38,43). The number of nitrogens with zero attached hydrogens (tertiary/aromatic N) is 5. The van der Waals surface area contributed by atoms with Gasteiger partial charge < -0.3 is 15.5 Å². The molecule has 0 bridgehead atoms. The highest BCUT2D eigenvalue weighted by Gasteiger charge is 2.34. The molecule has 2 aromatic carbocycles. The van der Waals surface area contributed by atoms with Crippen molar-refractivity contribution in [2.45, 2.75) is 39.4 Å². The minimum absolute atomic E-state index is 0.0460. The number of carbonyl (C=O) groups is 2. The van der Waals surface area contributed by atoms with Crippen molar-refractivity contribution in [2.24, 2.45) is 5.92 Å². The van der Waals surface area contributed by atoms with Gasteiger partial charge in [-0.3, -0.25) is 14.5 Å².